The van der Waals surface area contributed by atoms with Gasteiger partial charge in [-0.25, -0.2) is 4.79 Å². The molecule has 1 amide bonds. The monoisotopic (exact) mass is 419 g/mol. The third kappa shape index (κ3) is 5.33. The largest absolute Gasteiger partial charge is 0.483 e. The molecule has 0 bridgehead atoms. The third-order valence-electron chi connectivity index (χ3n) is 3.75. The van der Waals surface area contributed by atoms with Crippen molar-refractivity contribution in [3.8, 4) is 5.75 Å². The number of ether oxygens (including phenoxy) is 2. The van der Waals surface area contributed by atoms with Gasteiger partial charge in [-0.3, -0.25) is 4.79 Å². The van der Waals surface area contributed by atoms with Crippen LogP contribution in [0.25, 0.3) is 0 Å². The Morgan fingerprint density at radius 1 is 1.08 bits per heavy atom. The Balaban J connectivity index is 1.93. The van der Waals surface area contributed by atoms with Crippen molar-refractivity contribution in [2.75, 3.05) is 19.0 Å². The summed E-state index contributed by atoms with van der Waals surface area (Å²) in [7, 11) is 1.32. The fraction of sp³-hybridized carbons (Fsp3) is 0.300. The molecule has 0 saturated carbocycles. The molecule has 0 aliphatic carbocycles. The Kier molecular flexibility index (Phi) is 6.42. The molecule has 5 nitrogen and oxygen atoms in total. The van der Waals surface area contributed by atoms with Crippen molar-refractivity contribution in [2.45, 2.75) is 26.2 Å². The summed E-state index contributed by atoms with van der Waals surface area (Å²) in [4.78, 5) is 23.4. The Bertz CT molecular complexity index is 794. The lowest BCUT2D eigenvalue weighted by atomic mass is 9.87. The molecule has 2 rings (SSSR count). The maximum absolute atomic E-state index is 12.1. The Labute approximate surface area is 161 Å². The highest BCUT2D eigenvalue weighted by molar-refractivity contribution is 9.10. The maximum Gasteiger partial charge on any atom is 0.337 e. The van der Waals surface area contributed by atoms with E-state index in [-0.39, 0.29) is 17.9 Å². The Hall–Kier alpha value is -2.34. The van der Waals surface area contributed by atoms with Crippen molar-refractivity contribution in [3.05, 3.63) is 58.1 Å². The summed E-state index contributed by atoms with van der Waals surface area (Å²) >= 11 is 3.48. The van der Waals surface area contributed by atoms with Crippen LogP contribution in [-0.2, 0) is 14.9 Å². The van der Waals surface area contributed by atoms with Crippen LogP contribution in [0.15, 0.2) is 46.9 Å². The third-order valence-corrected chi connectivity index (χ3v) is 4.37. The van der Waals surface area contributed by atoms with Crippen LogP contribution in [0.5, 0.6) is 5.75 Å². The van der Waals surface area contributed by atoms with E-state index in [2.05, 4.69) is 46.8 Å². The second-order valence-corrected chi connectivity index (χ2v) is 7.66. The molecular weight excluding hydrogens is 398 g/mol. The van der Waals surface area contributed by atoms with E-state index in [0.29, 0.717) is 17.0 Å². The lowest BCUT2D eigenvalue weighted by Gasteiger charge is -2.20. The molecule has 0 spiro atoms. The number of nitrogens with one attached hydrogen (secondary N) is 1. The lowest BCUT2D eigenvalue weighted by Crippen LogP contribution is -2.20. The average molecular weight is 420 g/mol. The van der Waals surface area contributed by atoms with Crippen LogP contribution < -0.4 is 10.1 Å². The highest BCUT2D eigenvalue weighted by atomic mass is 79.9. The molecule has 0 aliphatic heterocycles. The summed E-state index contributed by atoms with van der Waals surface area (Å²) in [6.45, 7) is 6.28. The van der Waals surface area contributed by atoms with E-state index < -0.39 is 5.97 Å². The van der Waals surface area contributed by atoms with E-state index in [1.807, 2.05) is 18.2 Å². The molecule has 6 heteroatoms. The molecular formula is C20H22BrNO4. The molecule has 0 radical (unpaired) electrons. The molecule has 2 aromatic rings. The number of esters is 1. The first-order valence-corrected chi connectivity index (χ1v) is 8.91. The number of halogens is 1. The summed E-state index contributed by atoms with van der Waals surface area (Å²) in [6, 6.07) is 12.3. The summed E-state index contributed by atoms with van der Waals surface area (Å²) < 4.78 is 11.0. The summed E-state index contributed by atoms with van der Waals surface area (Å²) in [5, 5.41) is 2.72. The molecule has 138 valence electrons. The predicted octanol–water partition coefficient (Wildman–Crippen LogP) is 4.55. The van der Waals surface area contributed by atoms with Crippen LogP contribution >= 0.6 is 15.9 Å². The smallest absolute Gasteiger partial charge is 0.337 e. The molecule has 0 heterocycles. The molecule has 0 atom stereocenters. The number of hydrogen-bond donors (Lipinski definition) is 1. The minimum Gasteiger partial charge on any atom is -0.483 e. The first kappa shape index (κ1) is 20.0. The zero-order valence-corrected chi connectivity index (χ0v) is 16.8. The predicted molar refractivity (Wildman–Crippen MR) is 105 cm³/mol. The molecule has 0 saturated heterocycles. The van der Waals surface area contributed by atoms with Crippen molar-refractivity contribution in [1.82, 2.24) is 0 Å². The highest BCUT2D eigenvalue weighted by Gasteiger charge is 2.15. The SMILES string of the molecule is COC(=O)c1ccc(NC(=O)COc2ccc(C(C)(C)C)cc2Br)cc1. The van der Waals surface area contributed by atoms with Crippen LogP contribution in [0, 0.1) is 0 Å². The zero-order chi connectivity index (χ0) is 19.3. The topological polar surface area (TPSA) is 64.6 Å². The van der Waals surface area contributed by atoms with Gasteiger partial charge in [-0.05, 0) is 63.3 Å². The van der Waals surface area contributed by atoms with E-state index in [9.17, 15) is 9.59 Å². The van der Waals surface area contributed by atoms with E-state index >= 15 is 0 Å². The van der Waals surface area contributed by atoms with Gasteiger partial charge in [0.05, 0.1) is 17.1 Å². The highest BCUT2D eigenvalue weighted by Crippen LogP contribution is 2.31. The van der Waals surface area contributed by atoms with E-state index in [4.69, 9.17) is 4.74 Å². The number of methoxy groups -OCH3 is 1. The number of rotatable bonds is 5. The van der Waals surface area contributed by atoms with E-state index in [1.165, 1.54) is 12.7 Å². The first-order chi connectivity index (χ1) is 12.2. The number of carbonyl (C=O) groups excluding carboxylic acids is 2. The first-order valence-electron chi connectivity index (χ1n) is 8.12. The number of benzene rings is 2. The average Bonchev–Trinajstić information content (AvgIpc) is 2.59. The van der Waals surface area contributed by atoms with Gasteiger partial charge in [0.2, 0.25) is 0 Å². The van der Waals surface area contributed by atoms with Crippen molar-refractivity contribution in [1.29, 1.82) is 0 Å². The standard InChI is InChI=1S/C20H22BrNO4/c1-20(2,3)14-7-10-17(16(21)11-14)26-12-18(23)22-15-8-5-13(6-9-15)19(24)25-4/h5-11H,12H2,1-4H3,(H,22,23). The number of carbonyl (C=O) groups is 2. The molecule has 0 fully saturated rings. The van der Waals surface area contributed by atoms with Crippen molar-refractivity contribution < 1.29 is 19.1 Å². The van der Waals surface area contributed by atoms with Gasteiger partial charge in [0.15, 0.2) is 6.61 Å². The number of hydrogen-bond acceptors (Lipinski definition) is 4. The van der Waals surface area contributed by atoms with Gasteiger partial charge in [0.1, 0.15) is 5.75 Å². The maximum atomic E-state index is 12.1. The van der Waals surface area contributed by atoms with Gasteiger partial charge in [-0.2, -0.15) is 0 Å². The van der Waals surface area contributed by atoms with Crippen molar-refractivity contribution in [2.24, 2.45) is 0 Å². The van der Waals surface area contributed by atoms with Crippen LogP contribution in [-0.4, -0.2) is 25.6 Å². The lowest BCUT2D eigenvalue weighted by molar-refractivity contribution is -0.118. The Morgan fingerprint density at radius 3 is 2.27 bits per heavy atom. The van der Waals surface area contributed by atoms with Crippen LogP contribution in [0.3, 0.4) is 0 Å². The minimum atomic E-state index is -0.422. The van der Waals surface area contributed by atoms with Gasteiger partial charge in [0, 0.05) is 5.69 Å². The fourth-order valence-electron chi connectivity index (χ4n) is 2.23. The molecule has 0 aliphatic rings. The van der Waals surface area contributed by atoms with Crippen molar-refractivity contribution >= 4 is 33.5 Å². The van der Waals surface area contributed by atoms with Gasteiger partial charge >= 0.3 is 5.97 Å². The van der Waals surface area contributed by atoms with Gasteiger partial charge < -0.3 is 14.8 Å². The number of anilines is 1. The minimum absolute atomic E-state index is 0.0365. The van der Waals surface area contributed by atoms with Crippen LogP contribution in [0.4, 0.5) is 5.69 Å². The normalized spacial score (nSPS) is 11.0. The quantitative estimate of drug-likeness (QED) is 0.721. The zero-order valence-electron chi connectivity index (χ0n) is 15.3. The Morgan fingerprint density at radius 2 is 1.73 bits per heavy atom. The molecule has 26 heavy (non-hydrogen) atoms. The second-order valence-electron chi connectivity index (χ2n) is 6.80. The molecule has 1 N–H and O–H groups in total. The molecule has 0 aromatic heterocycles. The molecule has 2 aromatic carbocycles. The molecule has 0 unspecified atom stereocenters. The second kappa shape index (κ2) is 8.36. The fourth-order valence-corrected chi connectivity index (χ4v) is 2.73. The summed E-state index contributed by atoms with van der Waals surface area (Å²) in [6.07, 6.45) is 0. The van der Waals surface area contributed by atoms with Crippen LogP contribution in [0.1, 0.15) is 36.7 Å². The summed E-state index contributed by atoms with van der Waals surface area (Å²) in [5.41, 5.74) is 2.21. The van der Waals surface area contributed by atoms with Gasteiger partial charge in [-0.15, -0.1) is 0 Å². The number of amides is 1. The van der Waals surface area contributed by atoms with E-state index in [0.717, 1.165) is 4.47 Å². The van der Waals surface area contributed by atoms with Gasteiger partial charge in [-0.1, -0.05) is 26.8 Å². The van der Waals surface area contributed by atoms with Crippen molar-refractivity contribution in [3.63, 3.8) is 0 Å². The van der Waals surface area contributed by atoms with Crippen LogP contribution in [0.2, 0.25) is 0 Å². The summed E-state index contributed by atoms with van der Waals surface area (Å²) in [5.74, 6) is -0.105. The van der Waals surface area contributed by atoms with E-state index in [1.54, 1.807) is 24.3 Å². The van der Waals surface area contributed by atoms with Gasteiger partial charge in [0.25, 0.3) is 5.91 Å².